The maximum Gasteiger partial charge on any atom is 0.329 e. The average molecular weight is 277 g/mol. The highest BCUT2D eigenvalue weighted by atomic mass is 19.1. The third-order valence-electron chi connectivity index (χ3n) is 2.43. The number of benzene rings is 1. The van der Waals surface area contributed by atoms with Gasteiger partial charge in [-0.3, -0.25) is 10.1 Å². The van der Waals surface area contributed by atoms with Crippen LogP contribution in [0.3, 0.4) is 0 Å². The topological polar surface area (TPSA) is 93.0 Å². The Kier molecular flexibility index (Phi) is 4.04. The van der Waals surface area contributed by atoms with Crippen molar-refractivity contribution in [1.82, 2.24) is 9.97 Å². The molecular formula is C12H12FN5O2. The van der Waals surface area contributed by atoms with Crippen molar-refractivity contribution in [3.05, 3.63) is 46.4 Å². The lowest BCUT2D eigenvalue weighted by Gasteiger charge is -2.08. The van der Waals surface area contributed by atoms with E-state index in [2.05, 4.69) is 20.6 Å². The molecule has 8 heteroatoms. The summed E-state index contributed by atoms with van der Waals surface area (Å²) in [5.74, 6) is -0.353. The summed E-state index contributed by atoms with van der Waals surface area (Å²) in [4.78, 5) is 18.1. The van der Waals surface area contributed by atoms with Crippen LogP contribution in [0.1, 0.15) is 6.92 Å². The minimum absolute atomic E-state index is 0.0638. The molecule has 0 atom stereocenters. The van der Waals surface area contributed by atoms with Crippen molar-refractivity contribution in [2.45, 2.75) is 6.92 Å². The molecule has 0 fully saturated rings. The van der Waals surface area contributed by atoms with Gasteiger partial charge in [-0.15, -0.1) is 0 Å². The normalized spacial score (nSPS) is 10.1. The van der Waals surface area contributed by atoms with E-state index in [4.69, 9.17) is 0 Å². The molecule has 0 radical (unpaired) electrons. The lowest BCUT2D eigenvalue weighted by Crippen LogP contribution is -2.07. The molecule has 2 aromatic rings. The first kappa shape index (κ1) is 13.7. The number of hydrogen-bond acceptors (Lipinski definition) is 6. The van der Waals surface area contributed by atoms with Crippen LogP contribution in [-0.2, 0) is 0 Å². The Morgan fingerprint density at radius 1 is 1.40 bits per heavy atom. The fraction of sp³-hybridized carbons (Fsp3) is 0.167. The Morgan fingerprint density at radius 3 is 2.80 bits per heavy atom. The number of anilines is 3. The van der Waals surface area contributed by atoms with Gasteiger partial charge in [-0.1, -0.05) is 12.1 Å². The summed E-state index contributed by atoms with van der Waals surface area (Å²) in [5, 5.41) is 16.4. The van der Waals surface area contributed by atoms with E-state index in [9.17, 15) is 14.5 Å². The summed E-state index contributed by atoms with van der Waals surface area (Å²) in [6.45, 7) is 2.41. The van der Waals surface area contributed by atoms with Gasteiger partial charge in [0, 0.05) is 6.54 Å². The second kappa shape index (κ2) is 5.91. The Morgan fingerprint density at radius 2 is 2.15 bits per heavy atom. The average Bonchev–Trinajstić information content (AvgIpc) is 2.42. The number of nitrogens with zero attached hydrogens (tertiary/aromatic N) is 3. The zero-order valence-electron chi connectivity index (χ0n) is 10.6. The number of nitrogens with one attached hydrogen (secondary N) is 2. The lowest BCUT2D eigenvalue weighted by atomic mass is 10.3. The molecule has 0 unspecified atom stereocenters. The van der Waals surface area contributed by atoms with Gasteiger partial charge in [-0.25, -0.2) is 9.37 Å². The lowest BCUT2D eigenvalue weighted by molar-refractivity contribution is -0.384. The molecule has 2 N–H and O–H groups in total. The SMILES string of the molecule is CCNc1ncc([N+](=O)[O-])c(Nc2ccccc2F)n1. The molecule has 104 valence electrons. The first-order chi connectivity index (χ1) is 9.61. The van der Waals surface area contributed by atoms with E-state index in [1.165, 1.54) is 18.2 Å². The van der Waals surface area contributed by atoms with Gasteiger partial charge in [0.2, 0.25) is 11.8 Å². The predicted molar refractivity (Wildman–Crippen MR) is 72.5 cm³/mol. The molecule has 0 spiro atoms. The van der Waals surface area contributed by atoms with E-state index in [-0.39, 0.29) is 23.1 Å². The van der Waals surface area contributed by atoms with Gasteiger partial charge in [0.05, 0.1) is 10.6 Å². The third-order valence-corrected chi connectivity index (χ3v) is 2.43. The molecule has 1 heterocycles. The van der Waals surface area contributed by atoms with Gasteiger partial charge >= 0.3 is 5.69 Å². The van der Waals surface area contributed by atoms with Crippen LogP contribution in [0.5, 0.6) is 0 Å². The van der Waals surface area contributed by atoms with Gasteiger partial charge in [0.25, 0.3) is 0 Å². The predicted octanol–water partition coefficient (Wildman–Crippen LogP) is 2.70. The van der Waals surface area contributed by atoms with E-state index >= 15 is 0 Å². The molecule has 0 aliphatic rings. The monoisotopic (exact) mass is 277 g/mol. The fourth-order valence-electron chi connectivity index (χ4n) is 1.53. The molecule has 0 saturated heterocycles. The van der Waals surface area contributed by atoms with Gasteiger partial charge in [0.15, 0.2) is 0 Å². The zero-order valence-corrected chi connectivity index (χ0v) is 10.6. The van der Waals surface area contributed by atoms with E-state index in [1.807, 2.05) is 6.92 Å². The molecule has 7 nitrogen and oxygen atoms in total. The summed E-state index contributed by atoms with van der Waals surface area (Å²) >= 11 is 0. The summed E-state index contributed by atoms with van der Waals surface area (Å²) in [5.41, 5.74) is -0.216. The summed E-state index contributed by atoms with van der Waals surface area (Å²) in [6.07, 6.45) is 1.08. The van der Waals surface area contributed by atoms with E-state index < -0.39 is 10.7 Å². The summed E-state index contributed by atoms with van der Waals surface area (Å²) < 4.78 is 13.6. The highest BCUT2D eigenvalue weighted by Crippen LogP contribution is 2.26. The van der Waals surface area contributed by atoms with Crippen molar-refractivity contribution in [2.24, 2.45) is 0 Å². The van der Waals surface area contributed by atoms with Gasteiger partial charge in [-0.2, -0.15) is 4.98 Å². The molecule has 1 aromatic carbocycles. The quantitative estimate of drug-likeness (QED) is 0.644. The van der Waals surface area contributed by atoms with Gasteiger partial charge < -0.3 is 10.6 Å². The Labute approximate surface area is 114 Å². The summed E-state index contributed by atoms with van der Waals surface area (Å²) in [7, 11) is 0. The minimum Gasteiger partial charge on any atom is -0.354 e. The number of halogens is 1. The van der Waals surface area contributed by atoms with Crippen LogP contribution in [0.2, 0.25) is 0 Å². The van der Waals surface area contributed by atoms with E-state index in [1.54, 1.807) is 6.07 Å². The van der Waals surface area contributed by atoms with Gasteiger partial charge in [-0.05, 0) is 19.1 Å². The molecule has 0 saturated carbocycles. The second-order valence-corrected chi connectivity index (χ2v) is 3.82. The van der Waals surface area contributed by atoms with Crippen molar-refractivity contribution in [3.8, 4) is 0 Å². The second-order valence-electron chi connectivity index (χ2n) is 3.82. The number of para-hydroxylation sites is 1. The van der Waals surface area contributed by atoms with Crippen LogP contribution in [0.4, 0.5) is 27.5 Å². The molecule has 0 aliphatic heterocycles. The van der Waals surface area contributed by atoms with E-state index in [0.717, 1.165) is 6.20 Å². The number of rotatable bonds is 5. The molecule has 20 heavy (non-hydrogen) atoms. The minimum atomic E-state index is -0.626. The maximum atomic E-state index is 13.6. The largest absolute Gasteiger partial charge is 0.354 e. The number of hydrogen-bond donors (Lipinski definition) is 2. The maximum absolute atomic E-state index is 13.6. The molecule has 0 aliphatic carbocycles. The first-order valence-electron chi connectivity index (χ1n) is 5.88. The first-order valence-corrected chi connectivity index (χ1v) is 5.88. The zero-order chi connectivity index (χ0) is 14.5. The molecule has 0 bridgehead atoms. The number of aromatic nitrogens is 2. The van der Waals surface area contributed by atoms with Crippen LogP contribution in [0.25, 0.3) is 0 Å². The van der Waals surface area contributed by atoms with Crippen LogP contribution in [0.15, 0.2) is 30.5 Å². The standard InChI is InChI=1S/C12H12FN5O2/c1-2-14-12-15-7-10(18(19)20)11(17-12)16-9-6-4-3-5-8(9)13/h3-7H,2H2,1H3,(H2,14,15,16,17). The van der Waals surface area contributed by atoms with Crippen LogP contribution < -0.4 is 10.6 Å². The third kappa shape index (κ3) is 2.97. The Bertz CT molecular complexity index is 635. The Balaban J connectivity index is 2.40. The van der Waals surface area contributed by atoms with Crippen molar-refractivity contribution in [2.75, 3.05) is 17.2 Å². The van der Waals surface area contributed by atoms with Crippen molar-refractivity contribution in [3.63, 3.8) is 0 Å². The van der Waals surface area contributed by atoms with Crippen LogP contribution >= 0.6 is 0 Å². The van der Waals surface area contributed by atoms with Gasteiger partial charge in [0.1, 0.15) is 12.0 Å². The molecule has 0 amide bonds. The van der Waals surface area contributed by atoms with Crippen molar-refractivity contribution >= 4 is 23.1 Å². The molecular weight excluding hydrogens is 265 g/mol. The highest BCUT2D eigenvalue weighted by Gasteiger charge is 2.18. The van der Waals surface area contributed by atoms with Crippen LogP contribution in [-0.4, -0.2) is 21.4 Å². The van der Waals surface area contributed by atoms with Crippen LogP contribution in [0, 0.1) is 15.9 Å². The Hall–Kier alpha value is -2.77. The highest BCUT2D eigenvalue weighted by molar-refractivity contribution is 5.66. The fourth-order valence-corrected chi connectivity index (χ4v) is 1.53. The molecule has 1 aromatic heterocycles. The summed E-state index contributed by atoms with van der Waals surface area (Å²) in [6, 6.07) is 5.86. The smallest absolute Gasteiger partial charge is 0.329 e. The van der Waals surface area contributed by atoms with Crippen molar-refractivity contribution in [1.29, 1.82) is 0 Å². The van der Waals surface area contributed by atoms with Crippen molar-refractivity contribution < 1.29 is 9.31 Å². The van der Waals surface area contributed by atoms with E-state index in [0.29, 0.717) is 6.54 Å². The number of nitro groups is 1. The molecule has 2 rings (SSSR count).